The highest BCUT2D eigenvalue weighted by Crippen LogP contribution is 2.35. The summed E-state index contributed by atoms with van der Waals surface area (Å²) < 4.78 is 85.2. The summed E-state index contributed by atoms with van der Waals surface area (Å²) in [6, 6.07) is 1.80. The van der Waals surface area contributed by atoms with Crippen LogP contribution in [0.5, 0.6) is 0 Å². The minimum Gasteiger partial charge on any atom is -0.311 e. The molecule has 4 nitrogen and oxygen atoms in total. The maximum Gasteiger partial charge on any atom is 0.419 e. The lowest BCUT2D eigenvalue weighted by molar-refractivity contribution is -0.140. The molecule has 1 aliphatic rings. The minimum atomic E-state index is -4.98. The maximum absolute atomic E-state index is 13.1. The largest absolute Gasteiger partial charge is 0.419 e. The fourth-order valence-electron chi connectivity index (χ4n) is 2.01. The number of benzene rings is 1. The van der Waals surface area contributed by atoms with Gasteiger partial charge in [0.25, 0.3) is 0 Å². The third kappa shape index (κ3) is 3.14. The summed E-state index contributed by atoms with van der Waals surface area (Å²) >= 11 is 0. The lowest BCUT2D eigenvalue weighted by atomic mass is 10.1. The molecule has 0 N–H and O–H groups in total. The molecule has 1 aliphatic heterocycles. The number of alkyl halides is 3. The van der Waals surface area contributed by atoms with Gasteiger partial charge in [-0.1, -0.05) is 0 Å². The summed E-state index contributed by atoms with van der Waals surface area (Å²) in [6.07, 6.45) is -5.63. The SMILES string of the molecule is O=C1CC(S(=O)(=O)F)CN1c1ccc(F)c(C(F)(F)F)c1. The second-order valence-corrected chi connectivity index (χ2v) is 6.09. The summed E-state index contributed by atoms with van der Waals surface area (Å²) in [5, 5.41) is -1.63. The molecule has 1 saturated heterocycles. The summed E-state index contributed by atoms with van der Waals surface area (Å²) in [5.41, 5.74) is -1.92. The Balaban J connectivity index is 2.38. The summed E-state index contributed by atoms with van der Waals surface area (Å²) in [7, 11) is -4.98. The monoisotopic (exact) mass is 329 g/mol. The van der Waals surface area contributed by atoms with Gasteiger partial charge in [-0.3, -0.25) is 4.79 Å². The molecule has 0 aliphatic carbocycles. The van der Waals surface area contributed by atoms with Gasteiger partial charge in [0.2, 0.25) is 5.91 Å². The fourth-order valence-corrected chi connectivity index (χ4v) is 2.68. The van der Waals surface area contributed by atoms with Crippen LogP contribution in [-0.4, -0.2) is 26.1 Å². The zero-order valence-electron chi connectivity index (χ0n) is 10.2. The molecule has 21 heavy (non-hydrogen) atoms. The molecular weight excluding hydrogens is 321 g/mol. The first-order valence-electron chi connectivity index (χ1n) is 5.60. The van der Waals surface area contributed by atoms with Crippen molar-refractivity contribution in [3.8, 4) is 0 Å². The molecule has 1 heterocycles. The Morgan fingerprint density at radius 3 is 2.33 bits per heavy atom. The highest BCUT2D eigenvalue weighted by atomic mass is 32.3. The van der Waals surface area contributed by atoms with Gasteiger partial charge in [-0.05, 0) is 18.2 Å². The van der Waals surface area contributed by atoms with E-state index in [1.165, 1.54) is 0 Å². The number of carbonyl (C=O) groups is 1. The average molecular weight is 329 g/mol. The zero-order chi connectivity index (χ0) is 16.0. The van der Waals surface area contributed by atoms with E-state index in [1.54, 1.807) is 0 Å². The van der Waals surface area contributed by atoms with E-state index < -0.39 is 51.9 Å². The first-order valence-corrected chi connectivity index (χ1v) is 7.05. The van der Waals surface area contributed by atoms with Crippen LogP contribution in [0, 0.1) is 5.82 Å². The Morgan fingerprint density at radius 2 is 1.86 bits per heavy atom. The van der Waals surface area contributed by atoms with Crippen molar-refractivity contribution in [1.82, 2.24) is 0 Å². The van der Waals surface area contributed by atoms with Crippen LogP contribution >= 0.6 is 0 Å². The van der Waals surface area contributed by atoms with E-state index in [0.29, 0.717) is 17.0 Å². The molecular formula is C11H8F5NO3S. The van der Waals surface area contributed by atoms with Gasteiger partial charge in [-0.2, -0.15) is 21.6 Å². The number of amides is 1. The molecule has 1 aromatic carbocycles. The molecule has 1 atom stereocenters. The predicted molar refractivity (Wildman–Crippen MR) is 62.2 cm³/mol. The van der Waals surface area contributed by atoms with E-state index in [-0.39, 0.29) is 5.69 Å². The molecule has 1 amide bonds. The second kappa shape index (κ2) is 4.93. The van der Waals surface area contributed by atoms with Gasteiger partial charge in [0, 0.05) is 18.7 Å². The summed E-state index contributed by atoms with van der Waals surface area (Å²) in [5.74, 6) is -2.37. The van der Waals surface area contributed by atoms with Crippen molar-refractivity contribution < 1.29 is 34.7 Å². The van der Waals surface area contributed by atoms with E-state index in [0.717, 1.165) is 6.07 Å². The minimum absolute atomic E-state index is 0.333. The van der Waals surface area contributed by atoms with Crippen molar-refractivity contribution in [2.75, 3.05) is 11.4 Å². The molecule has 10 heteroatoms. The number of hydrogen-bond acceptors (Lipinski definition) is 3. The van der Waals surface area contributed by atoms with Crippen LogP contribution in [-0.2, 0) is 21.2 Å². The van der Waals surface area contributed by atoms with E-state index in [2.05, 4.69) is 0 Å². The van der Waals surface area contributed by atoms with Crippen molar-refractivity contribution in [1.29, 1.82) is 0 Å². The summed E-state index contributed by atoms with van der Waals surface area (Å²) in [4.78, 5) is 12.3. The van der Waals surface area contributed by atoms with Crippen molar-refractivity contribution in [3.63, 3.8) is 0 Å². The maximum atomic E-state index is 13.1. The Bertz CT molecular complexity index is 686. The molecule has 0 aromatic heterocycles. The van der Waals surface area contributed by atoms with Crippen molar-refractivity contribution in [3.05, 3.63) is 29.6 Å². The predicted octanol–water partition coefficient (Wildman–Crippen LogP) is 2.25. The zero-order valence-corrected chi connectivity index (χ0v) is 11.0. The fraction of sp³-hybridized carbons (Fsp3) is 0.364. The molecule has 1 fully saturated rings. The lowest BCUT2D eigenvalue weighted by Gasteiger charge is -2.18. The van der Waals surface area contributed by atoms with Crippen molar-refractivity contribution in [2.45, 2.75) is 17.8 Å². The van der Waals surface area contributed by atoms with Crippen LogP contribution in [0.4, 0.5) is 27.1 Å². The van der Waals surface area contributed by atoms with Crippen LogP contribution in [0.2, 0.25) is 0 Å². The first-order chi connectivity index (χ1) is 9.50. The Kier molecular flexibility index (Phi) is 3.68. The van der Waals surface area contributed by atoms with E-state index >= 15 is 0 Å². The molecule has 0 bridgehead atoms. The van der Waals surface area contributed by atoms with Crippen LogP contribution in [0.1, 0.15) is 12.0 Å². The Morgan fingerprint density at radius 1 is 1.24 bits per heavy atom. The third-order valence-corrected chi connectivity index (χ3v) is 4.17. The highest BCUT2D eigenvalue weighted by molar-refractivity contribution is 7.87. The second-order valence-electron chi connectivity index (χ2n) is 4.47. The van der Waals surface area contributed by atoms with Crippen LogP contribution in [0.25, 0.3) is 0 Å². The van der Waals surface area contributed by atoms with Crippen LogP contribution in [0.15, 0.2) is 18.2 Å². The van der Waals surface area contributed by atoms with Gasteiger partial charge >= 0.3 is 16.4 Å². The van der Waals surface area contributed by atoms with E-state index in [1.807, 2.05) is 0 Å². The van der Waals surface area contributed by atoms with Gasteiger partial charge in [-0.25, -0.2) is 4.39 Å². The smallest absolute Gasteiger partial charge is 0.311 e. The molecule has 0 radical (unpaired) electrons. The molecule has 1 unspecified atom stereocenters. The highest BCUT2D eigenvalue weighted by Gasteiger charge is 2.40. The molecule has 0 spiro atoms. The van der Waals surface area contributed by atoms with Crippen molar-refractivity contribution >= 4 is 21.8 Å². The molecule has 2 rings (SSSR count). The summed E-state index contributed by atoms with van der Waals surface area (Å²) in [6.45, 7) is -0.611. The number of hydrogen-bond donors (Lipinski definition) is 0. The van der Waals surface area contributed by atoms with Crippen LogP contribution in [0.3, 0.4) is 0 Å². The number of anilines is 1. The van der Waals surface area contributed by atoms with Gasteiger partial charge in [0.05, 0.1) is 5.56 Å². The average Bonchev–Trinajstić information content (AvgIpc) is 2.70. The lowest BCUT2D eigenvalue weighted by Crippen LogP contribution is -2.27. The van der Waals surface area contributed by atoms with E-state index in [9.17, 15) is 34.7 Å². The van der Waals surface area contributed by atoms with Gasteiger partial charge in [0.15, 0.2) is 0 Å². The molecule has 116 valence electrons. The van der Waals surface area contributed by atoms with Crippen molar-refractivity contribution in [2.24, 2.45) is 0 Å². The standard InChI is InChI=1S/C11H8F5NO3S/c12-9-2-1-6(3-8(9)11(13,14)15)17-5-7(4-10(17)18)21(16,19)20/h1-3,7H,4-5H2. The van der Waals surface area contributed by atoms with Gasteiger partial charge in [-0.15, -0.1) is 3.89 Å². The topological polar surface area (TPSA) is 54.5 Å². The van der Waals surface area contributed by atoms with Crippen LogP contribution < -0.4 is 4.90 Å². The van der Waals surface area contributed by atoms with E-state index in [4.69, 9.17) is 0 Å². The number of rotatable bonds is 2. The van der Waals surface area contributed by atoms with Gasteiger partial charge in [0.1, 0.15) is 11.1 Å². The molecule has 1 aromatic rings. The Labute approximate surface area is 116 Å². The third-order valence-electron chi connectivity index (χ3n) is 3.05. The number of halogens is 5. The van der Waals surface area contributed by atoms with Gasteiger partial charge < -0.3 is 4.90 Å². The quantitative estimate of drug-likeness (QED) is 0.618. The molecule has 0 saturated carbocycles. The Hall–Kier alpha value is -1.71. The normalized spacial score (nSPS) is 20.1. The number of carbonyl (C=O) groups excluding carboxylic acids is 1. The number of nitrogens with zero attached hydrogens (tertiary/aromatic N) is 1. The first kappa shape index (κ1) is 15.7.